The minimum absolute atomic E-state index is 0.0940. The minimum Gasteiger partial charge on any atom is -0.370 e. The van der Waals surface area contributed by atoms with Crippen molar-refractivity contribution in [1.29, 1.82) is 0 Å². The number of carbonyl (C=O) groups is 1. The molecule has 1 aliphatic rings. The van der Waals surface area contributed by atoms with Crippen LogP contribution in [-0.2, 0) is 4.79 Å². The Balaban J connectivity index is 1.67. The fourth-order valence-electron chi connectivity index (χ4n) is 2.47. The third-order valence-electron chi connectivity index (χ3n) is 3.96. The van der Waals surface area contributed by atoms with Crippen molar-refractivity contribution in [2.75, 3.05) is 37.6 Å². The van der Waals surface area contributed by atoms with Crippen LogP contribution < -0.4 is 15.5 Å². The van der Waals surface area contributed by atoms with Gasteiger partial charge in [0.2, 0.25) is 5.91 Å². The number of anilines is 1. The lowest BCUT2D eigenvalue weighted by atomic mass is 10.2. The van der Waals surface area contributed by atoms with Gasteiger partial charge < -0.3 is 15.5 Å². The first kappa shape index (κ1) is 15.8. The average Bonchev–Trinajstić information content (AvgIpc) is 3.29. The van der Waals surface area contributed by atoms with Gasteiger partial charge in [-0.1, -0.05) is 18.2 Å². The van der Waals surface area contributed by atoms with Crippen molar-refractivity contribution in [2.45, 2.75) is 26.7 Å². The van der Waals surface area contributed by atoms with Gasteiger partial charge in [0.05, 0.1) is 6.54 Å². The number of carbonyl (C=O) groups excluding carboxylic acids is 1. The zero-order valence-corrected chi connectivity index (χ0v) is 13.2. The molecule has 4 heteroatoms. The van der Waals surface area contributed by atoms with E-state index in [1.54, 1.807) is 0 Å². The first-order chi connectivity index (χ1) is 10.2. The van der Waals surface area contributed by atoms with E-state index in [1.165, 1.54) is 24.1 Å². The predicted octanol–water partition coefficient (Wildman–Crippen LogP) is 1.94. The van der Waals surface area contributed by atoms with E-state index < -0.39 is 0 Å². The van der Waals surface area contributed by atoms with Gasteiger partial charge in [-0.3, -0.25) is 4.79 Å². The predicted molar refractivity (Wildman–Crippen MR) is 87.7 cm³/mol. The first-order valence-corrected chi connectivity index (χ1v) is 7.98. The van der Waals surface area contributed by atoms with Crippen molar-refractivity contribution in [3.8, 4) is 0 Å². The molecule has 0 aromatic heterocycles. The Hall–Kier alpha value is -1.55. The highest BCUT2D eigenvalue weighted by molar-refractivity contribution is 5.78. The largest absolute Gasteiger partial charge is 0.370 e. The molecule has 2 N–H and O–H groups in total. The summed E-state index contributed by atoms with van der Waals surface area (Å²) in [7, 11) is 0. The lowest BCUT2D eigenvalue weighted by Crippen LogP contribution is -2.39. The molecule has 1 fully saturated rings. The highest BCUT2D eigenvalue weighted by atomic mass is 16.1. The van der Waals surface area contributed by atoms with Gasteiger partial charge in [-0.25, -0.2) is 0 Å². The van der Waals surface area contributed by atoms with Gasteiger partial charge in [0, 0.05) is 25.3 Å². The van der Waals surface area contributed by atoms with Crippen LogP contribution in [0.25, 0.3) is 0 Å². The summed E-state index contributed by atoms with van der Waals surface area (Å²) in [6, 6.07) is 8.38. The van der Waals surface area contributed by atoms with E-state index in [9.17, 15) is 4.79 Å². The molecule has 4 nitrogen and oxygen atoms in total. The zero-order chi connectivity index (χ0) is 15.1. The maximum Gasteiger partial charge on any atom is 0.234 e. The monoisotopic (exact) mass is 289 g/mol. The van der Waals surface area contributed by atoms with Crippen LogP contribution in [0, 0.1) is 12.8 Å². The number of para-hydroxylation sites is 1. The van der Waals surface area contributed by atoms with E-state index in [4.69, 9.17) is 0 Å². The highest BCUT2D eigenvalue weighted by Gasteiger charge is 2.20. The summed E-state index contributed by atoms with van der Waals surface area (Å²) < 4.78 is 0. The molecule has 21 heavy (non-hydrogen) atoms. The smallest absolute Gasteiger partial charge is 0.234 e. The average molecular weight is 289 g/mol. The van der Waals surface area contributed by atoms with Gasteiger partial charge in [0.15, 0.2) is 0 Å². The van der Waals surface area contributed by atoms with Gasteiger partial charge in [-0.05, 0) is 50.8 Å². The van der Waals surface area contributed by atoms with Gasteiger partial charge in [-0.15, -0.1) is 0 Å². The maximum absolute atomic E-state index is 11.7. The Morgan fingerprint density at radius 2 is 2.10 bits per heavy atom. The molecular formula is C17H27N3O. The quantitative estimate of drug-likeness (QED) is 0.730. The Kier molecular flexibility index (Phi) is 6.05. The standard InChI is InChI=1S/C17H27N3O/c1-3-20(16-7-5-4-6-14(16)2)11-10-19-17(21)13-18-12-15-8-9-15/h4-7,15,18H,3,8-13H2,1-2H3,(H,19,21). The number of likely N-dealkylation sites (N-methyl/N-ethyl adjacent to an activating group) is 1. The van der Waals surface area contributed by atoms with Gasteiger partial charge >= 0.3 is 0 Å². The third-order valence-corrected chi connectivity index (χ3v) is 3.96. The van der Waals surface area contributed by atoms with Gasteiger partial charge in [0.25, 0.3) is 0 Å². The molecule has 116 valence electrons. The molecule has 0 spiro atoms. The number of rotatable bonds is 9. The number of hydrogen-bond donors (Lipinski definition) is 2. The Labute approximate surface area is 127 Å². The molecule has 0 saturated heterocycles. The molecule has 2 rings (SSSR count). The molecule has 1 aromatic rings. The molecule has 1 amide bonds. The molecule has 0 unspecified atom stereocenters. The van der Waals surface area contributed by atoms with Crippen molar-refractivity contribution < 1.29 is 4.79 Å². The van der Waals surface area contributed by atoms with Crippen molar-refractivity contribution >= 4 is 11.6 Å². The van der Waals surface area contributed by atoms with E-state index >= 15 is 0 Å². The Morgan fingerprint density at radius 3 is 2.76 bits per heavy atom. The summed E-state index contributed by atoms with van der Waals surface area (Å²) in [5.74, 6) is 0.908. The molecule has 1 aliphatic carbocycles. The summed E-state index contributed by atoms with van der Waals surface area (Å²) in [5, 5.41) is 6.20. The molecule has 1 saturated carbocycles. The summed E-state index contributed by atoms with van der Waals surface area (Å²) in [4.78, 5) is 14.0. The molecule has 0 bridgehead atoms. The molecular weight excluding hydrogens is 262 g/mol. The second-order valence-corrected chi connectivity index (χ2v) is 5.79. The first-order valence-electron chi connectivity index (χ1n) is 7.98. The molecule has 0 atom stereocenters. The number of nitrogens with one attached hydrogen (secondary N) is 2. The fraction of sp³-hybridized carbons (Fsp3) is 0.588. The van der Waals surface area contributed by atoms with Crippen LogP contribution in [0.4, 0.5) is 5.69 Å². The van der Waals surface area contributed by atoms with Crippen molar-refractivity contribution in [3.05, 3.63) is 29.8 Å². The van der Waals surface area contributed by atoms with E-state index in [0.29, 0.717) is 13.1 Å². The summed E-state index contributed by atoms with van der Waals surface area (Å²) in [5.41, 5.74) is 2.53. The molecule has 0 radical (unpaired) electrons. The normalized spacial score (nSPS) is 14.0. The van der Waals surface area contributed by atoms with E-state index in [-0.39, 0.29) is 5.91 Å². The second kappa shape index (κ2) is 8.03. The second-order valence-electron chi connectivity index (χ2n) is 5.79. The molecule has 1 aromatic carbocycles. The van der Waals surface area contributed by atoms with Crippen LogP contribution in [0.2, 0.25) is 0 Å². The fourth-order valence-corrected chi connectivity index (χ4v) is 2.47. The number of amides is 1. The van der Waals surface area contributed by atoms with Crippen molar-refractivity contribution in [3.63, 3.8) is 0 Å². The maximum atomic E-state index is 11.7. The van der Waals surface area contributed by atoms with Crippen LogP contribution in [0.3, 0.4) is 0 Å². The topological polar surface area (TPSA) is 44.4 Å². The number of nitrogens with zero attached hydrogens (tertiary/aromatic N) is 1. The van der Waals surface area contributed by atoms with Crippen LogP contribution in [0.1, 0.15) is 25.3 Å². The number of aryl methyl sites for hydroxylation is 1. The van der Waals surface area contributed by atoms with Crippen LogP contribution in [0.5, 0.6) is 0 Å². The Morgan fingerprint density at radius 1 is 1.33 bits per heavy atom. The molecule has 0 heterocycles. The van der Waals surface area contributed by atoms with E-state index in [2.05, 4.69) is 53.6 Å². The van der Waals surface area contributed by atoms with Crippen LogP contribution in [0.15, 0.2) is 24.3 Å². The van der Waals surface area contributed by atoms with Crippen molar-refractivity contribution in [1.82, 2.24) is 10.6 Å². The number of hydrogen-bond acceptors (Lipinski definition) is 3. The lowest BCUT2D eigenvalue weighted by molar-refractivity contribution is -0.120. The zero-order valence-electron chi connectivity index (χ0n) is 13.2. The SMILES string of the molecule is CCN(CCNC(=O)CNCC1CC1)c1ccccc1C. The summed E-state index contributed by atoms with van der Waals surface area (Å²) in [6.07, 6.45) is 2.63. The highest BCUT2D eigenvalue weighted by Crippen LogP contribution is 2.27. The van der Waals surface area contributed by atoms with Gasteiger partial charge in [-0.2, -0.15) is 0 Å². The van der Waals surface area contributed by atoms with Crippen molar-refractivity contribution in [2.24, 2.45) is 5.92 Å². The van der Waals surface area contributed by atoms with Crippen LogP contribution >= 0.6 is 0 Å². The van der Waals surface area contributed by atoms with Gasteiger partial charge in [0.1, 0.15) is 0 Å². The lowest BCUT2D eigenvalue weighted by Gasteiger charge is -2.25. The Bertz CT molecular complexity index is 457. The summed E-state index contributed by atoms with van der Waals surface area (Å²) >= 11 is 0. The third kappa shape index (κ3) is 5.38. The number of benzene rings is 1. The molecule has 0 aliphatic heterocycles. The van der Waals surface area contributed by atoms with E-state index in [0.717, 1.165) is 25.6 Å². The van der Waals surface area contributed by atoms with Crippen LogP contribution in [-0.4, -0.2) is 38.6 Å². The van der Waals surface area contributed by atoms with E-state index in [1.807, 2.05) is 0 Å². The minimum atomic E-state index is 0.0940. The summed E-state index contributed by atoms with van der Waals surface area (Å²) in [6.45, 7) is 8.16.